The highest BCUT2D eigenvalue weighted by Gasteiger charge is 2.17. The minimum absolute atomic E-state index is 0.309. The van der Waals surface area contributed by atoms with Crippen LogP contribution in [0.3, 0.4) is 0 Å². The van der Waals surface area contributed by atoms with Crippen LogP contribution in [-0.4, -0.2) is 43.1 Å². The third kappa shape index (κ3) is 3.16. The van der Waals surface area contributed by atoms with Gasteiger partial charge in [-0.25, -0.2) is 4.98 Å². The van der Waals surface area contributed by atoms with Crippen molar-refractivity contribution in [2.24, 2.45) is 0 Å². The predicted molar refractivity (Wildman–Crippen MR) is 73.6 cm³/mol. The maximum atomic E-state index is 6.16. The number of aromatic nitrogens is 1. The topological polar surface area (TPSA) is 19.4 Å². The third-order valence-electron chi connectivity index (χ3n) is 2.89. The molecule has 0 bridgehead atoms. The molecule has 0 saturated carbocycles. The van der Waals surface area contributed by atoms with Crippen molar-refractivity contribution in [3.05, 3.63) is 21.3 Å². The first-order valence-corrected chi connectivity index (χ1v) is 6.66. The Balaban J connectivity index is 2.24. The zero-order valence-corrected chi connectivity index (χ0v) is 11.9. The van der Waals surface area contributed by atoms with Crippen LogP contribution >= 0.6 is 34.8 Å². The Morgan fingerprint density at radius 1 is 1.06 bits per heavy atom. The molecule has 6 heteroatoms. The molecule has 1 aliphatic rings. The standard InChI is InChI=1S/C11H14Cl3N3/c1-16-3-2-4-17(6-5-16)11-9(13)7-8(12)10(14)15-11/h7H,2-6H2,1H3. The molecule has 0 aromatic carbocycles. The Hall–Kier alpha value is -0.220. The van der Waals surface area contributed by atoms with Gasteiger partial charge in [0.25, 0.3) is 0 Å². The number of hydrogen-bond donors (Lipinski definition) is 0. The van der Waals surface area contributed by atoms with Crippen LogP contribution in [-0.2, 0) is 0 Å². The van der Waals surface area contributed by atoms with E-state index in [2.05, 4.69) is 21.8 Å². The summed E-state index contributed by atoms with van der Waals surface area (Å²) in [7, 11) is 2.12. The maximum absolute atomic E-state index is 6.16. The smallest absolute Gasteiger partial charge is 0.150 e. The molecular formula is C11H14Cl3N3. The lowest BCUT2D eigenvalue weighted by Gasteiger charge is -2.22. The number of hydrogen-bond acceptors (Lipinski definition) is 3. The minimum atomic E-state index is 0.309. The summed E-state index contributed by atoms with van der Waals surface area (Å²) < 4.78 is 0. The van der Waals surface area contributed by atoms with Gasteiger partial charge in [-0.05, 0) is 26.1 Å². The molecule has 0 unspecified atom stereocenters. The van der Waals surface area contributed by atoms with Crippen LogP contribution in [0, 0.1) is 0 Å². The first kappa shape index (κ1) is 13.2. The Morgan fingerprint density at radius 2 is 1.82 bits per heavy atom. The molecule has 0 aliphatic carbocycles. The molecule has 3 nitrogen and oxygen atoms in total. The van der Waals surface area contributed by atoms with Crippen LogP contribution in [0.15, 0.2) is 6.07 Å². The summed E-state index contributed by atoms with van der Waals surface area (Å²) in [5, 5.41) is 1.26. The lowest BCUT2D eigenvalue weighted by molar-refractivity contribution is 0.360. The zero-order valence-electron chi connectivity index (χ0n) is 9.59. The van der Waals surface area contributed by atoms with Gasteiger partial charge in [0, 0.05) is 19.6 Å². The molecule has 1 aromatic heterocycles. The second-order valence-corrected chi connectivity index (χ2v) is 5.38. The Kier molecular flexibility index (Phi) is 4.36. The number of pyridine rings is 1. The van der Waals surface area contributed by atoms with E-state index >= 15 is 0 Å². The zero-order chi connectivity index (χ0) is 12.4. The number of nitrogens with zero attached hydrogens (tertiary/aromatic N) is 3. The first-order valence-electron chi connectivity index (χ1n) is 5.53. The van der Waals surface area contributed by atoms with Gasteiger partial charge in [0.05, 0.1) is 10.0 Å². The van der Waals surface area contributed by atoms with Crippen molar-refractivity contribution in [1.29, 1.82) is 0 Å². The molecule has 0 spiro atoms. The fourth-order valence-electron chi connectivity index (χ4n) is 1.92. The van der Waals surface area contributed by atoms with Crippen LogP contribution in [0.2, 0.25) is 15.2 Å². The van der Waals surface area contributed by atoms with E-state index in [-0.39, 0.29) is 0 Å². The lowest BCUT2D eigenvalue weighted by Crippen LogP contribution is -2.29. The van der Waals surface area contributed by atoms with Crippen LogP contribution in [0.4, 0.5) is 5.82 Å². The van der Waals surface area contributed by atoms with E-state index in [1.807, 2.05) is 0 Å². The van der Waals surface area contributed by atoms with E-state index in [0.29, 0.717) is 15.2 Å². The first-order chi connectivity index (χ1) is 8.08. The van der Waals surface area contributed by atoms with E-state index in [1.54, 1.807) is 6.07 Å². The van der Waals surface area contributed by atoms with Crippen LogP contribution in [0.5, 0.6) is 0 Å². The number of anilines is 1. The normalized spacial score (nSPS) is 18.2. The van der Waals surface area contributed by atoms with Crippen LogP contribution in [0.25, 0.3) is 0 Å². The van der Waals surface area contributed by atoms with Gasteiger partial charge in [0.15, 0.2) is 0 Å². The van der Waals surface area contributed by atoms with Crippen molar-refractivity contribution in [3.63, 3.8) is 0 Å². The summed E-state index contributed by atoms with van der Waals surface area (Å²) in [4.78, 5) is 8.73. The molecule has 94 valence electrons. The summed E-state index contributed by atoms with van der Waals surface area (Å²) in [5.74, 6) is 0.733. The molecule has 1 saturated heterocycles. The summed E-state index contributed by atoms with van der Waals surface area (Å²) in [6, 6.07) is 1.66. The van der Waals surface area contributed by atoms with Crippen molar-refractivity contribution in [1.82, 2.24) is 9.88 Å². The molecule has 1 aromatic rings. The van der Waals surface area contributed by atoms with Crippen LogP contribution < -0.4 is 4.90 Å². The van der Waals surface area contributed by atoms with Crippen molar-refractivity contribution in [2.45, 2.75) is 6.42 Å². The Morgan fingerprint density at radius 3 is 2.59 bits per heavy atom. The average Bonchev–Trinajstić information content (AvgIpc) is 2.49. The molecular weight excluding hydrogens is 281 g/mol. The third-order valence-corrected chi connectivity index (χ3v) is 3.84. The second-order valence-electron chi connectivity index (χ2n) is 4.21. The van der Waals surface area contributed by atoms with Gasteiger partial charge in [-0.1, -0.05) is 34.8 Å². The van der Waals surface area contributed by atoms with Gasteiger partial charge in [-0.3, -0.25) is 0 Å². The van der Waals surface area contributed by atoms with E-state index in [9.17, 15) is 0 Å². The Labute approximate surface area is 116 Å². The number of rotatable bonds is 1. The maximum Gasteiger partial charge on any atom is 0.150 e. The average molecular weight is 295 g/mol. The van der Waals surface area contributed by atoms with Crippen molar-refractivity contribution in [2.75, 3.05) is 38.1 Å². The van der Waals surface area contributed by atoms with E-state index in [0.717, 1.165) is 38.4 Å². The highest BCUT2D eigenvalue weighted by atomic mass is 35.5. The molecule has 1 aliphatic heterocycles. The van der Waals surface area contributed by atoms with Gasteiger partial charge in [0.1, 0.15) is 11.0 Å². The largest absolute Gasteiger partial charge is 0.354 e. The number of likely N-dealkylation sites (N-methyl/N-ethyl adjacent to an activating group) is 1. The summed E-state index contributed by atoms with van der Waals surface area (Å²) in [5.41, 5.74) is 0. The van der Waals surface area contributed by atoms with Gasteiger partial charge >= 0.3 is 0 Å². The molecule has 2 heterocycles. The van der Waals surface area contributed by atoms with Crippen molar-refractivity contribution >= 4 is 40.6 Å². The molecule has 17 heavy (non-hydrogen) atoms. The molecule has 0 atom stereocenters. The second kappa shape index (κ2) is 5.61. The van der Waals surface area contributed by atoms with Gasteiger partial charge < -0.3 is 9.80 Å². The van der Waals surface area contributed by atoms with Gasteiger partial charge in [0.2, 0.25) is 0 Å². The fourth-order valence-corrected chi connectivity index (χ4v) is 2.53. The monoisotopic (exact) mass is 293 g/mol. The lowest BCUT2D eigenvalue weighted by atomic mass is 10.3. The molecule has 2 rings (SSSR count). The molecule has 0 radical (unpaired) electrons. The molecule has 1 fully saturated rings. The minimum Gasteiger partial charge on any atom is -0.354 e. The van der Waals surface area contributed by atoms with Crippen molar-refractivity contribution < 1.29 is 0 Å². The van der Waals surface area contributed by atoms with E-state index in [4.69, 9.17) is 34.8 Å². The summed E-state index contributed by atoms with van der Waals surface area (Å²) in [6.45, 7) is 3.93. The van der Waals surface area contributed by atoms with Gasteiger partial charge in [-0.2, -0.15) is 0 Å². The Bertz CT molecular complexity index is 411. The van der Waals surface area contributed by atoms with E-state index in [1.165, 1.54) is 0 Å². The van der Waals surface area contributed by atoms with Crippen LogP contribution in [0.1, 0.15) is 6.42 Å². The van der Waals surface area contributed by atoms with Gasteiger partial charge in [-0.15, -0.1) is 0 Å². The predicted octanol–water partition coefficient (Wildman–Crippen LogP) is 3.18. The number of halogens is 3. The quantitative estimate of drug-likeness (QED) is 0.742. The SMILES string of the molecule is CN1CCCN(c2nc(Cl)c(Cl)cc2Cl)CC1. The fraction of sp³-hybridized carbons (Fsp3) is 0.545. The van der Waals surface area contributed by atoms with Crippen molar-refractivity contribution in [3.8, 4) is 0 Å². The highest BCUT2D eigenvalue weighted by Crippen LogP contribution is 2.31. The van der Waals surface area contributed by atoms with E-state index < -0.39 is 0 Å². The molecule has 0 N–H and O–H groups in total. The molecule has 0 amide bonds. The highest BCUT2D eigenvalue weighted by molar-refractivity contribution is 6.42. The summed E-state index contributed by atoms with van der Waals surface area (Å²) in [6.07, 6.45) is 1.09. The summed E-state index contributed by atoms with van der Waals surface area (Å²) >= 11 is 18.0.